The second kappa shape index (κ2) is 7.31. The van der Waals surface area contributed by atoms with E-state index in [1.165, 1.54) is 4.88 Å². The average Bonchev–Trinajstić information content (AvgIpc) is 3.05. The van der Waals surface area contributed by atoms with Crippen molar-refractivity contribution in [2.45, 2.75) is 13.8 Å². The summed E-state index contributed by atoms with van der Waals surface area (Å²) in [4.78, 5) is 19.7. The molecule has 1 aromatic carbocycles. The van der Waals surface area contributed by atoms with Gasteiger partial charge in [0.2, 0.25) is 5.95 Å². The van der Waals surface area contributed by atoms with E-state index in [2.05, 4.69) is 33.6 Å². The Morgan fingerprint density at radius 2 is 1.57 bits per heavy atom. The van der Waals surface area contributed by atoms with Gasteiger partial charge in [0.15, 0.2) is 16.6 Å². The SMILES string of the molecule is COc1cc2nc(N3CCN(c4nc(C)c(C)s4)CC3)nc(N)c2cc1OC. The molecule has 0 atom stereocenters. The highest BCUT2D eigenvalue weighted by molar-refractivity contribution is 7.15. The van der Waals surface area contributed by atoms with Gasteiger partial charge in [-0.25, -0.2) is 9.97 Å². The number of hydrogen-bond acceptors (Lipinski definition) is 9. The van der Waals surface area contributed by atoms with Crippen LogP contribution in [0.25, 0.3) is 10.9 Å². The molecule has 2 N–H and O–H groups in total. The maximum Gasteiger partial charge on any atom is 0.228 e. The fourth-order valence-electron chi connectivity index (χ4n) is 3.30. The Kier molecular flexibility index (Phi) is 4.84. The van der Waals surface area contributed by atoms with Crippen LogP contribution in [0.2, 0.25) is 0 Å². The first-order valence-corrected chi connectivity index (χ1v) is 9.95. The van der Waals surface area contributed by atoms with Crippen molar-refractivity contribution in [1.82, 2.24) is 15.0 Å². The fourth-order valence-corrected chi connectivity index (χ4v) is 4.26. The van der Waals surface area contributed by atoms with Gasteiger partial charge in [0.1, 0.15) is 5.82 Å². The zero-order valence-electron chi connectivity index (χ0n) is 16.5. The highest BCUT2D eigenvalue weighted by atomic mass is 32.1. The second-order valence-corrected chi connectivity index (χ2v) is 7.93. The van der Waals surface area contributed by atoms with Crippen LogP contribution < -0.4 is 25.0 Å². The first kappa shape index (κ1) is 18.5. The summed E-state index contributed by atoms with van der Waals surface area (Å²) in [5.74, 6) is 2.32. The fraction of sp³-hybridized carbons (Fsp3) is 0.421. The normalized spacial score (nSPS) is 14.6. The third-order valence-corrected chi connectivity index (χ3v) is 6.20. The van der Waals surface area contributed by atoms with Crippen LogP contribution in [0.4, 0.5) is 16.9 Å². The maximum atomic E-state index is 6.22. The molecular formula is C19H24N6O2S. The lowest BCUT2D eigenvalue weighted by molar-refractivity contribution is 0.356. The van der Waals surface area contributed by atoms with E-state index in [0.29, 0.717) is 23.3 Å². The molecular weight excluding hydrogens is 376 g/mol. The smallest absolute Gasteiger partial charge is 0.228 e. The monoisotopic (exact) mass is 400 g/mol. The lowest BCUT2D eigenvalue weighted by Crippen LogP contribution is -2.47. The molecule has 0 unspecified atom stereocenters. The summed E-state index contributed by atoms with van der Waals surface area (Å²) in [6, 6.07) is 3.66. The number of rotatable bonds is 4. The van der Waals surface area contributed by atoms with Crippen LogP contribution in [0.5, 0.6) is 11.5 Å². The predicted octanol–water partition coefficient (Wildman–Crippen LogP) is 2.63. The lowest BCUT2D eigenvalue weighted by Gasteiger charge is -2.34. The lowest BCUT2D eigenvalue weighted by atomic mass is 10.2. The number of benzene rings is 1. The van der Waals surface area contributed by atoms with Crippen LogP contribution in [-0.2, 0) is 0 Å². The van der Waals surface area contributed by atoms with Gasteiger partial charge in [-0.15, -0.1) is 11.3 Å². The second-order valence-electron chi connectivity index (χ2n) is 6.75. The summed E-state index contributed by atoms with van der Waals surface area (Å²) >= 11 is 1.75. The number of ether oxygens (including phenoxy) is 2. The van der Waals surface area contributed by atoms with Crippen LogP contribution in [0.1, 0.15) is 10.6 Å². The number of hydrogen-bond donors (Lipinski definition) is 1. The van der Waals surface area contributed by atoms with Crippen molar-refractivity contribution >= 4 is 39.1 Å². The van der Waals surface area contributed by atoms with Crippen molar-refractivity contribution in [3.05, 3.63) is 22.7 Å². The molecule has 0 bridgehead atoms. The number of nitrogens with zero attached hydrogens (tertiary/aromatic N) is 5. The van der Waals surface area contributed by atoms with E-state index >= 15 is 0 Å². The van der Waals surface area contributed by atoms with Gasteiger partial charge >= 0.3 is 0 Å². The zero-order valence-corrected chi connectivity index (χ0v) is 17.3. The van der Waals surface area contributed by atoms with Crippen LogP contribution in [0, 0.1) is 13.8 Å². The Bertz CT molecular complexity index is 994. The summed E-state index contributed by atoms with van der Waals surface area (Å²) in [7, 11) is 3.20. The Labute approximate surface area is 167 Å². The molecule has 1 aliphatic heterocycles. The van der Waals surface area contributed by atoms with Gasteiger partial charge < -0.3 is 25.0 Å². The van der Waals surface area contributed by atoms with Crippen molar-refractivity contribution in [2.75, 3.05) is 55.9 Å². The molecule has 4 rings (SSSR count). The molecule has 0 saturated carbocycles. The van der Waals surface area contributed by atoms with Crippen molar-refractivity contribution in [1.29, 1.82) is 0 Å². The van der Waals surface area contributed by atoms with Crippen molar-refractivity contribution in [3.63, 3.8) is 0 Å². The maximum absolute atomic E-state index is 6.22. The number of aromatic nitrogens is 3. The highest BCUT2D eigenvalue weighted by Gasteiger charge is 2.23. The number of aryl methyl sites for hydroxylation is 2. The van der Waals surface area contributed by atoms with E-state index < -0.39 is 0 Å². The first-order valence-electron chi connectivity index (χ1n) is 9.13. The van der Waals surface area contributed by atoms with Crippen molar-refractivity contribution in [2.24, 2.45) is 0 Å². The summed E-state index contributed by atoms with van der Waals surface area (Å²) in [5, 5.41) is 1.85. The van der Waals surface area contributed by atoms with Gasteiger partial charge in [-0.05, 0) is 19.9 Å². The van der Waals surface area contributed by atoms with Gasteiger partial charge in [-0.1, -0.05) is 0 Å². The molecule has 1 saturated heterocycles. The van der Waals surface area contributed by atoms with Gasteiger partial charge in [0, 0.05) is 42.5 Å². The topological polar surface area (TPSA) is 89.6 Å². The zero-order chi connectivity index (χ0) is 19.8. The van der Waals surface area contributed by atoms with E-state index in [1.54, 1.807) is 25.6 Å². The molecule has 3 heterocycles. The third-order valence-electron chi connectivity index (χ3n) is 5.07. The molecule has 9 heteroatoms. The molecule has 0 radical (unpaired) electrons. The molecule has 0 aliphatic carbocycles. The van der Waals surface area contributed by atoms with Gasteiger partial charge in [-0.2, -0.15) is 4.98 Å². The van der Waals surface area contributed by atoms with Gasteiger partial charge in [0.05, 0.1) is 25.4 Å². The summed E-state index contributed by atoms with van der Waals surface area (Å²) in [6.45, 7) is 7.55. The summed E-state index contributed by atoms with van der Waals surface area (Å²) < 4.78 is 10.7. The van der Waals surface area contributed by atoms with E-state index in [4.69, 9.17) is 20.2 Å². The average molecular weight is 401 g/mol. The minimum atomic E-state index is 0.439. The Hall–Kier alpha value is -2.81. The molecule has 148 valence electrons. The Morgan fingerprint density at radius 3 is 2.18 bits per heavy atom. The number of thiazole rings is 1. The molecule has 28 heavy (non-hydrogen) atoms. The van der Waals surface area contributed by atoms with E-state index in [1.807, 2.05) is 12.1 Å². The van der Waals surface area contributed by atoms with Crippen LogP contribution >= 0.6 is 11.3 Å². The highest BCUT2D eigenvalue weighted by Crippen LogP contribution is 2.34. The van der Waals surface area contributed by atoms with Gasteiger partial charge in [0.25, 0.3) is 0 Å². The molecule has 0 amide bonds. The molecule has 8 nitrogen and oxygen atoms in total. The number of nitrogen functional groups attached to an aromatic ring is 1. The number of fused-ring (bicyclic) bond motifs is 1. The minimum Gasteiger partial charge on any atom is -0.493 e. The number of piperazine rings is 1. The molecule has 0 spiro atoms. The standard InChI is InChI=1S/C19H24N6O2S/c1-11-12(2)28-19(21-11)25-7-5-24(6-8-25)18-22-14-10-16(27-4)15(26-3)9-13(14)17(20)23-18/h9-10H,5-8H2,1-4H3,(H2,20,22,23). The molecule has 1 fully saturated rings. The largest absolute Gasteiger partial charge is 0.493 e. The molecule has 2 aromatic heterocycles. The van der Waals surface area contributed by atoms with E-state index in [-0.39, 0.29) is 0 Å². The first-order chi connectivity index (χ1) is 13.5. The number of methoxy groups -OCH3 is 2. The number of nitrogens with two attached hydrogens (primary N) is 1. The predicted molar refractivity (Wildman–Crippen MR) is 113 cm³/mol. The Morgan fingerprint density at radius 1 is 0.929 bits per heavy atom. The van der Waals surface area contributed by atoms with Crippen molar-refractivity contribution in [3.8, 4) is 11.5 Å². The van der Waals surface area contributed by atoms with Crippen LogP contribution in [-0.4, -0.2) is 55.4 Å². The summed E-state index contributed by atoms with van der Waals surface area (Å²) in [5.41, 5.74) is 8.08. The summed E-state index contributed by atoms with van der Waals surface area (Å²) in [6.07, 6.45) is 0. The Balaban J connectivity index is 1.58. The molecule has 1 aliphatic rings. The quantitative estimate of drug-likeness (QED) is 0.715. The van der Waals surface area contributed by atoms with E-state index in [0.717, 1.165) is 47.9 Å². The number of anilines is 3. The minimum absolute atomic E-state index is 0.439. The van der Waals surface area contributed by atoms with Gasteiger partial charge in [-0.3, -0.25) is 0 Å². The van der Waals surface area contributed by atoms with Crippen LogP contribution in [0.3, 0.4) is 0 Å². The third kappa shape index (κ3) is 3.26. The van der Waals surface area contributed by atoms with E-state index in [9.17, 15) is 0 Å². The van der Waals surface area contributed by atoms with Crippen LogP contribution in [0.15, 0.2) is 12.1 Å². The molecule has 3 aromatic rings. The van der Waals surface area contributed by atoms with Crippen molar-refractivity contribution < 1.29 is 9.47 Å².